The molecule has 0 bridgehead atoms. The number of rotatable bonds is 0. The summed E-state index contributed by atoms with van der Waals surface area (Å²) < 4.78 is 0. The van der Waals surface area contributed by atoms with Crippen LogP contribution in [-0.2, 0) is 0 Å². The van der Waals surface area contributed by atoms with E-state index >= 15 is 0 Å². The number of hydrogen-bond donors (Lipinski definition) is 0. The minimum absolute atomic E-state index is 0.427. The average Bonchev–Trinajstić information content (AvgIpc) is 1.84. The molecule has 1 saturated carbocycles. The highest BCUT2D eigenvalue weighted by Crippen LogP contribution is 2.71. The lowest BCUT2D eigenvalue weighted by Crippen LogP contribution is -2.62. The Labute approximate surface area is 71.4 Å². The molecule has 0 aliphatic heterocycles. The topological polar surface area (TPSA) is 0 Å². The Hall–Kier alpha value is 0. The van der Waals surface area contributed by atoms with Crippen molar-refractivity contribution < 1.29 is 0 Å². The molecule has 1 rings (SSSR count). The Kier molecular flexibility index (Phi) is 1.52. The van der Waals surface area contributed by atoms with E-state index in [1.165, 1.54) is 0 Å². The van der Waals surface area contributed by atoms with Crippen molar-refractivity contribution in [1.82, 2.24) is 0 Å². The standard InChI is InChI=1S/C11H21/c1-8-9(2,3)11(6,7)10(8,4)5/h1-7H3. The fourth-order valence-corrected chi connectivity index (χ4v) is 2.44. The van der Waals surface area contributed by atoms with E-state index in [4.69, 9.17) is 0 Å². The van der Waals surface area contributed by atoms with Gasteiger partial charge in [-0.25, -0.2) is 0 Å². The van der Waals surface area contributed by atoms with Crippen LogP contribution in [0.3, 0.4) is 0 Å². The van der Waals surface area contributed by atoms with Crippen LogP contribution in [0, 0.1) is 22.2 Å². The molecule has 65 valence electrons. The molecule has 0 amide bonds. The molecule has 1 aliphatic rings. The van der Waals surface area contributed by atoms with Crippen LogP contribution in [0.2, 0.25) is 0 Å². The van der Waals surface area contributed by atoms with Gasteiger partial charge in [0.15, 0.2) is 0 Å². The fourth-order valence-electron chi connectivity index (χ4n) is 2.44. The minimum Gasteiger partial charge on any atom is -0.0588 e. The molecule has 0 atom stereocenters. The Bertz CT molecular complexity index is 154. The van der Waals surface area contributed by atoms with Crippen LogP contribution in [0.4, 0.5) is 0 Å². The predicted molar refractivity (Wildman–Crippen MR) is 50.3 cm³/mol. The van der Waals surface area contributed by atoms with Gasteiger partial charge in [0.1, 0.15) is 0 Å². The summed E-state index contributed by atoms with van der Waals surface area (Å²) in [6.07, 6.45) is 0. The zero-order valence-electron chi connectivity index (χ0n) is 9.00. The van der Waals surface area contributed by atoms with Crippen molar-refractivity contribution in [3.8, 4) is 0 Å². The van der Waals surface area contributed by atoms with Crippen molar-refractivity contribution in [2.75, 3.05) is 0 Å². The van der Waals surface area contributed by atoms with E-state index in [-0.39, 0.29) is 0 Å². The Morgan fingerprint density at radius 2 is 1.00 bits per heavy atom. The third kappa shape index (κ3) is 0.711. The van der Waals surface area contributed by atoms with E-state index in [1.807, 2.05) is 0 Å². The second kappa shape index (κ2) is 1.84. The summed E-state index contributed by atoms with van der Waals surface area (Å²) in [4.78, 5) is 0. The lowest BCUT2D eigenvalue weighted by Gasteiger charge is -2.69. The molecule has 1 radical (unpaired) electrons. The van der Waals surface area contributed by atoms with Gasteiger partial charge in [-0.1, -0.05) is 48.5 Å². The van der Waals surface area contributed by atoms with Crippen LogP contribution in [0.25, 0.3) is 0 Å². The second-order valence-corrected chi connectivity index (χ2v) is 5.50. The summed E-state index contributed by atoms with van der Waals surface area (Å²) >= 11 is 0. The van der Waals surface area contributed by atoms with E-state index in [0.717, 1.165) is 0 Å². The lowest BCUT2D eigenvalue weighted by molar-refractivity contribution is -0.117. The van der Waals surface area contributed by atoms with Crippen molar-refractivity contribution in [3.05, 3.63) is 5.92 Å². The van der Waals surface area contributed by atoms with E-state index in [2.05, 4.69) is 48.5 Å². The number of hydrogen-bond acceptors (Lipinski definition) is 0. The SMILES string of the molecule is C[C]1C(C)(C)C(C)(C)C1(C)C. The quantitative estimate of drug-likeness (QED) is 0.498. The molecule has 1 aliphatic carbocycles. The monoisotopic (exact) mass is 153 g/mol. The van der Waals surface area contributed by atoms with Crippen LogP contribution >= 0.6 is 0 Å². The van der Waals surface area contributed by atoms with Crippen LogP contribution in [-0.4, -0.2) is 0 Å². The van der Waals surface area contributed by atoms with Gasteiger partial charge in [0.2, 0.25) is 0 Å². The molecular formula is C11H21. The highest BCUT2D eigenvalue weighted by atomic mass is 14.7. The van der Waals surface area contributed by atoms with Crippen molar-refractivity contribution in [1.29, 1.82) is 0 Å². The summed E-state index contributed by atoms with van der Waals surface area (Å²) in [7, 11) is 0. The van der Waals surface area contributed by atoms with E-state index in [0.29, 0.717) is 16.2 Å². The van der Waals surface area contributed by atoms with Crippen molar-refractivity contribution in [3.63, 3.8) is 0 Å². The zero-order chi connectivity index (χ0) is 9.08. The van der Waals surface area contributed by atoms with Gasteiger partial charge in [0.05, 0.1) is 0 Å². The summed E-state index contributed by atoms with van der Waals surface area (Å²) in [5.74, 6) is 1.65. The Morgan fingerprint density at radius 1 is 0.727 bits per heavy atom. The molecule has 0 aromatic heterocycles. The maximum atomic E-state index is 2.38. The first-order chi connectivity index (χ1) is 4.65. The average molecular weight is 153 g/mol. The minimum atomic E-state index is 0.427. The summed E-state index contributed by atoms with van der Waals surface area (Å²) in [5.41, 5.74) is 1.30. The van der Waals surface area contributed by atoms with Crippen LogP contribution in [0.5, 0.6) is 0 Å². The molecule has 0 saturated heterocycles. The third-order valence-corrected chi connectivity index (χ3v) is 5.00. The highest BCUT2D eigenvalue weighted by molar-refractivity contribution is 5.29. The second-order valence-electron chi connectivity index (χ2n) is 5.50. The van der Waals surface area contributed by atoms with Gasteiger partial charge in [-0.05, 0) is 22.2 Å². The van der Waals surface area contributed by atoms with Crippen molar-refractivity contribution >= 4 is 0 Å². The molecule has 0 spiro atoms. The normalized spacial score (nSPS) is 33.0. The Balaban J connectivity index is 2.98. The van der Waals surface area contributed by atoms with E-state index in [1.54, 1.807) is 5.92 Å². The van der Waals surface area contributed by atoms with Crippen LogP contribution in [0.1, 0.15) is 48.5 Å². The lowest BCUT2D eigenvalue weighted by atomic mass is 9.35. The first kappa shape index (κ1) is 9.09. The molecular weight excluding hydrogens is 132 g/mol. The third-order valence-electron chi connectivity index (χ3n) is 5.00. The van der Waals surface area contributed by atoms with Gasteiger partial charge in [0, 0.05) is 0 Å². The largest absolute Gasteiger partial charge is 0.0588 e. The van der Waals surface area contributed by atoms with Gasteiger partial charge in [-0.15, -0.1) is 0 Å². The first-order valence-electron chi connectivity index (χ1n) is 4.50. The molecule has 0 heteroatoms. The van der Waals surface area contributed by atoms with Gasteiger partial charge < -0.3 is 0 Å². The predicted octanol–water partition coefficient (Wildman–Crippen LogP) is 3.67. The van der Waals surface area contributed by atoms with E-state index in [9.17, 15) is 0 Å². The molecule has 0 heterocycles. The van der Waals surface area contributed by atoms with Gasteiger partial charge >= 0.3 is 0 Å². The van der Waals surface area contributed by atoms with Gasteiger partial charge in [-0.2, -0.15) is 0 Å². The fraction of sp³-hybridized carbons (Fsp3) is 0.909. The first-order valence-corrected chi connectivity index (χ1v) is 4.50. The van der Waals surface area contributed by atoms with Gasteiger partial charge in [0.25, 0.3) is 0 Å². The zero-order valence-corrected chi connectivity index (χ0v) is 9.00. The van der Waals surface area contributed by atoms with E-state index < -0.39 is 0 Å². The van der Waals surface area contributed by atoms with Crippen molar-refractivity contribution in [2.45, 2.75) is 48.5 Å². The maximum absolute atomic E-state index is 2.38. The Morgan fingerprint density at radius 3 is 1.09 bits per heavy atom. The summed E-state index contributed by atoms with van der Waals surface area (Å²) in [6.45, 7) is 16.5. The van der Waals surface area contributed by atoms with Crippen LogP contribution < -0.4 is 0 Å². The maximum Gasteiger partial charge on any atom is -0.0148 e. The van der Waals surface area contributed by atoms with Crippen molar-refractivity contribution in [2.24, 2.45) is 16.2 Å². The highest BCUT2D eigenvalue weighted by Gasteiger charge is 2.64. The molecule has 0 unspecified atom stereocenters. The molecule has 0 aromatic carbocycles. The molecule has 1 fully saturated rings. The summed E-state index contributed by atoms with van der Waals surface area (Å²) in [6, 6.07) is 0. The van der Waals surface area contributed by atoms with Gasteiger partial charge in [-0.3, -0.25) is 0 Å². The molecule has 0 nitrogen and oxygen atoms in total. The molecule has 0 aromatic rings. The summed E-state index contributed by atoms with van der Waals surface area (Å²) in [5, 5.41) is 0. The smallest absolute Gasteiger partial charge is 0.0148 e. The molecule has 11 heavy (non-hydrogen) atoms. The molecule has 0 N–H and O–H groups in total. The van der Waals surface area contributed by atoms with Crippen LogP contribution in [0.15, 0.2) is 0 Å².